The molecule has 5 nitrogen and oxygen atoms in total. The summed E-state index contributed by atoms with van der Waals surface area (Å²) in [5.41, 5.74) is 3.79. The van der Waals surface area contributed by atoms with E-state index in [1.54, 1.807) is 0 Å². The minimum atomic E-state index is -0.168. The molecule has 2 N–H and O–H groups in total. The highest BCUT2D eigenvalue weighted by atomic mass is 16.3. The smallest absolute Gasteiger partial charge is 0.182 e. The Bertz CT molecular complexity index is 815. The highest BCUT2D eigenvalue weighted by molar-refractivity contribution is 5.90. The minimum absolute atomic E-state index is 0.168. The van der Waals surface area contributed by atoms with Crippen LogP contribution in [-0.4, -0.2) is 20.3 Å². The van der Waals surface area contributed by atoms with Gasteiger partial charge in [0.15, 0.2) is 11.3 Å². The predicted molar refractivity (Wildman–Crippen MR) is 74.7 cm³/mol. The molecule has 0 aliphatic rings. The van der Waals surface area contributed by atoms with Gasteiger partial charge in [0, 0.05) is 22.2 Å². The number of H-pyrrole nitrogens is 1. The molecule has 0 aliphatic carbocycles. The van der Waals surface area contributed by atoms with E-state index in [9.17, 15) is 10.4 Å². The number of hydrogen-bond acceptors (Lipinski definition) is 4. The van der Waals surface area contributed by atoms with Gasteiger partial charge in [0.1, 0.15) is 6.07 Å². The average Bonchev–Trinajstić information content (AvgIpc) is 2.87. The second-order valence-corrected chi connectivity index (χ2v) is 4.50. The highest BCUT2D eigenvalue weighted by Gasteiger charge is 2.19. The largest absolute Gasteiger partial charge is 0.392 e. The number of aliphatic hydroxyl groups is 1. The van der Waals surface area contributed by atoms with Crippen molar-refractivity contribution in [3.05, 3.63) is 47.3 Å². The van der Waals surface area contributed by atoms with E-state index in [0.29, 0.717) is 16.8 Å². The molecule has 0 unspecified atom stereocenters. The van der Waals surface area contributed by atoms with Crippen LogP contribution in [0.15, 0.2) is 30.3 Å². The van der Waals surface area contributed by atoms with Crippen molar-refractivity contribution in [1.82, 2.24) is 15.2 Å². The van der Waals surface area contributed by atoms with Crippen LogP contribution < -0.4 is 0 Å². The lowest BCUT2D eigenvalue weighted by molar-refractivity contribution is 0.283. The summed E-state index contributed by atoms with van der Waals surface area (Å²) >= 11 is 0. The van der Waals surface area contributed by atoms with Crippen LogP contribution >= 0.6 is 0 Å². The van der Waals surface area contributed by atoms with E-state index in [0.717, 1.165) is 16.6 Å². The first kappa shape index (κ1) is 12.3. The van der Waals surface area contributed by atoms with Crippen molar-refractivity contribution in [3.63, 3.8) is 0 Å². The molecule has 20 heavy (non-hydrogen) atoms. The number of nitrogens with zero attached hydrogens (tertiary/aromatic N) is 3. The monoisotopic (exact) mass is 264 g/mol. The van der Waals surface area contributed by atoms with Crippen molar-refractivity contribution >= 4 is 11.0 Å². The van der Waals surface area contributed by atoms with E-state index in [-0.39, 0.29) is 12.3 Å². The van der Waals surface area contributed by atoms with E-state index >= 15 is 0 Å². The lowest BCUT2D eigenvalue weighted by Gasteiger charge is -2.10. The Labute approximate surface area is 115 Å². The lowest BCUT2D eigenvalue weighted by atomic mass is 9.96. The quantitative estimate of drug-likeness (QED) is 0.743. The number of hydrogen-bond donors (Lipinski definition) is 2. The van der Waals surface area contributed by atoms with E-state index in [2.05, 4.69) is 21.3 Å². The third-order valence-corrected chi connectivity index (χ3v) is 3.31. The van der Waals surface area contributed by atoms with Crippen LogP contribution in [-0.2, 0) is 6.61 Å². The zero-order valence-corrected chi connectivity index (χ0v) is 10.9. The Morgan fingerprint density at radius 2 is 2.05 bits per heavy atom. The molecule has 0 saturated heterocycles. The first-order valence-electron chi connectivity index (χ1n) is 6.20. The summed E-state index contributed by atoms with van der Waals surface area (Å²) in [4.78, 5) is 4.28. The Morgan fingerprint density at radius 3 is 2.70 bits per heavy atom. The molecule has 0 amide bonds. The molecule has 3 aromatic rings. The van der Waals surface area contributed by atoms with Gasteiger partial charge in [-0.2, -0.15) is 10.4 Å². The third kappa shape index (κ3) is 1.75. The fourth-order valence-electron chi connectivity index (χ4n) is 2.44. The van der Waals surface area contributed by atoms with Gasteiger partial charge in [-0.15, -0.1) is 0 Å². The van der Waals surface area contributed by atoms with Crippen LogP contribution in [0.1, 0.15) is 17.0 Å². The first-order valence-corrected chi connectivity index (χ1v) is 6.20. The molecule has 0 radical (unpaired) electrons. The molecule has 5 heteroatoms. The number of rotatable bonds is 2. The van der Waals surface area contributed by atoms with Gasteiger partial charge < -0.3 is 5.11 Å². The zero-order chi connectivity index (χ0) is 14.1. The molecule has 98 valence electrons. The number of aliphatic hydroxyl groups excluding tert-OH is 1. The summed E-state index contributed by atoms with van der Waals surface area (Å²) in [5, 5.41) is 26.8. The third-order valence-electron chi connectivity index (χ3n) is 3.31. The summed E-state index contributed by atoms with van der Waals surface area (Å²) in [6.07, 6.45) is 0. The fraction of sp³-hybridized carbons (Fsp3) is 0.133. The Hall–Kier alpha value is -2.71. The maximum Gasteiger partial charge on any atom is 0.182 e. The Kier molecular flexibility index (Phi) is 2.93. The number of benzene rings is 1. The van der Waals surface area contributed by atoms with Crippen molar-refractivity contribution < 1.29 is 5.11 Å². The molecular weight excluding hydrogens is 252 g/mol. The number of nitriles is 1. The maximum atomic E-state index is 9.76. The SMILES string of the molecule is Cc1[nH]nc2nc(C#N)c(-c3ccccc3)c(CO)c12. The van der Waals surface area contributed by atoms with Gasteiger partial charge in [-0.05, 0) is 12.5 Å². The molecule has 0 bridgehead atoms. The number of fused-ring (bicyclic) bond motifs is 1. The minimum Gasteiger partial charge on any atom is -0.392 e. The van der Waals surface area contributed by atoms with Gasteiger partial charge >= 0.3 is 0 Å². The molecular formula is C15H12N4O. The topological polar surface area (TPSA) is 85.6 Å². The molecule has 1 aromatic carbocycles. The zero-order valence-electron chi connectivity index (χ0n) is 10.9. The van der Waals surface area contributed by atoms with Crippen LogP contribution in [0.5, 0.6) is 0 Å². The van der Waals surface area contributed by atoms with Gasteiger partial charge in [-0.25, -0.2) is 4.98 Å². The molecule has 0 aliphatic heterocycles. The van der Waals surface area contributed by atoms with E-state index in [4.69, 9.17) is 0 Å². The number of nitrogens with one attached hydrogen (secondary N) is 1. The summed E-state index contributed by atoms with van der Waals surface area (Å²) < 4.78 is 0. The van der Waals surface area contributed by atoms with Crippen LogP contribution in [0.2, 0.25) is 0 Å². The van der Waals surface area contributed by atoms with Gasteiger partial charge in [-0.3, -0.25) is 5.10 Å². The van der Waals surface area contributed by atoms with E-state index in [1.165, 1.54) is 0 Å². The van der Waals surface area contributed by atoms with Crippen LogP contribution in [0.4, 0.5) is 0 Å². The first-order chi connectivity index (χ1) is 9.76. The summed E-state index contributed by atoms with van der Waals surface area (Å²) in [6, 6.07) is 11.6. The normalized spacial score (nSPS) is 10.7. The second kappa shape index (κ2) is 4.76. The molecule has 0 spiro atoms. The standard InChI is InChI=1S/C15H12N4O/c1-9-13-11(8-20)14(10-5-3-2-4-6-10)12(7-16)17-15(13)19-18-9/h2-6,20H,8H2,1H3,(H,17,18,19). The van der Waals surface area contributed by atoms with Crippen molar-refractivity contribution in [1.29, 1.82) is 5.26 Å². The van der Waals surface area contributed by atoms with Crippen LogP contribution in [0, 0.1) is 18.3 Å². The number of aromatic amines is 1. The van der Waals surface area contributed by atoms with Crippen molar-refractivity contribution in [3.8, 4) is 17.2 Å². The summed E-state index contributed by atoms with van der Waals surface area (Å²) in [6.45, 7) is 1.70. The van der Waals surface area contributed by atoms with Crippen LogP contribution in [0.3, 0.4) is 0 Å². The molecule has 2 aromatic heterocycles. The van der Waals surface area contributed by atoms with Crippen LogP contribution in [0.25, 0.3) is 22.2 Å². The van der Waals surface area contributed by atoms with Gasteiger partial charge in [0.2, 0.25) is 0 Å². The lowest BCUT2D eigenvalue weighted by Crippen LogP contribution is -1.99. The van der Waals surface area contributed by atoms with E-state index in [1.807, 2.05) is 37.3 Å². The average molecular weight is 264 g/mol. The molecule has 0 atom stereocenters. The van der Waals surface area contributed by atoms with Gasteiger partial charge in [-0.1, -0.05) is 30.3 Å². The van der Waals surface area contributed by atoms with Crippen molar-refractivity contribution in [2.45, 2.75) is 13.5 Å². The molecule has 0 fully saturated rings. The summed E-state index contributed by atoms with van der Waals surface area (Å²) in [5.74, 6) is 0. The van der Waals surface area contributed by atoms with E-state index < -0.39 is 0 Å². The number of aryl methyl sites for hydroxylation is 1. The maximum absolute atomic E-state index is 9.76. The Morgan fingerprint density at radius 1 is 1.30 bits per heavy atom. The second-order valence-electron chi connectivity index (χ2n) is 4.50. The predicted octanol–water partition coefficient (Wildman–Crippen LogP) is 2.30. The summed E-state index contributed by atoms with van der Waals surface area (Å²) in [7, 11) is 0. The Balaban J connectivity index is 2.46. The highest BCUT2D eigenvalue weighted by Crippen LogP contribution is 2.32. The van der Waals surface area contributed by atoms with Crippen molar-refractivity contribution in [2.24, 2.45) is 0 Å². The molecule has 0 saturated carbocycles. The number of pyridine rings is 1. The molecule has 3 rings (SSSR count). The van der Waals surface area contributed by atoms with Gasteiger partial charge in [0.05, 0.1) is 6.61 Å². The number of aromatic nitrogens is 3. The fourth-order valence-corrected chi connectivity index (χ4v) is 2.44. The van der Waals surface area contributed by atoms with Gasteiger partial charge in [0.25, 0.3) is 0 Å². The molecule has 2 heterocycles. The van der Waals surface area contributed by atoms with Crippen molar-refractivity contribution in [2.75, 3.05) is 0 Å².